The van der Waals surface area contributed by atoms with Gasteiger partial charge in [-0.15, -0.1) is 0 Å². The van der Waals surface area contributed by atoms with Gasteiger partial charge in [0, 0.05) is 25.7 Å². The van der Waals surface area contributed by atoms with Crippen molar-refractivity contribution in [3.63, 3.8) is 0 Å². The van der Waals surface area contributed by atoms with E-state index in [-0.39, 0.29) is 5.82 Å². The zero-order chi connectivity index (χ0) is 16.5. The van der Waals surface area contributed by atoms with Crippen molar-refractivity contribution in [2.75, 3.05) is 33.2 Å². The second kappa shape index (κ2) is 9.50. The molecule has 1 aromatic rings. The molecule has 128 valence electrons. The Hall–Kier alpha value is -1.62. The van der Waals surface area contributed by atoms with Gasteiger partial charge in [0.05, 0.1) is 0 Å². The van der Waals surface area contributed by atoms with Gasteiger partial charge >= 0.3 is 0 Å². The minimum atomic E-state index is -0.182. The van der Waals surface area contributed by atoms with E-state index in [0.717, 1.165) is 31.4 Å². The lowest BCUT2D eigenvalue weighted by Gasteiger charge is -2.31. The number of hydrogen-bond acceptors (Lipinski definition) is 2. The molecule has 23 heavy (non-hydrogen) atoms. The number of aliphatic imine (C=N–C) groups is 1. The maximum atomic E-state index is 13.6. The van der Waals surface area contributed by atoms with Crippen molar-refractivity contribution in [1.29, 1.82) is 0 Å². The van der Waals surface area contributed by atoms with E-state index in [2.05, 4.69) is 27.4 Å². The molecular weight excluding hydrogens is 291 g/mol. The Morgan fingerprint density at radius 3 is 2.65 bits per heavy atom. The van der Waals surface area contributed by atoms with Crippen LogP contribution in [0.2, 0.25) is 0 Å². The molecule has 0 atom stereocenters. The Bertz CT molecular complexity index is 496. The van der Waals surface area contributed by atoms with Crippen LogP contribution in [-0.2, 0) is 6.54 Å². The van der Waals surface area contributed by atoms with Gasteiger partial charge in [0.2, 0.25) is 0 Å². The maximum Gasteiger partial charge on any atom is 0.191 e. The Balaban J connectivity index is 1.67. The second-order valence-electron chi connectivity index (χ2n) is 6.11. The molecule has 1 aromatic carbocycles. The van der Waals surface area contributed by atoms with Gasteiger partial charge in [0.1, 0.15) is 5.82 Å². The number of benzene rings is 1. The summed E-state index contributed by atoms with van der Waals surface area (Å²) < 4.78 is 13.6. The van der Waals surface area contributed by atoms with Crippen molar-refractivity contribution in [3.8, 4) is 0 Å². The van der Waals surface area contributed by atoms with E-state index < -0.39 is 0 Å². The van der Waals surface area contributed by atoms with E-state index in [9.17, 15) is 4.39 Å². The standard InChI is InChI=1S/C18H29FN4/c1-3-23-12-9-15(10-13-23)8-11-21-18(20-2)22-14-16-6-4-5-7-17(16)19/h4-7,15H,3,8-14H2,1-2H3,(H2,20,21,22). The predicted molar refractivity (Wildman–Crippen MR) is 94.1 cm³/mol. The summed E-state index contributed by atoms with van der Waals surface area (Å²) in [5, 5.41) is 6.51. The maximum absolute atomic E-state index is 13.6. The van der Waals surface area contributed by atoms with E-state index in [1.165, 1.54) is 32.0 Å². The van der Waals surface area contributed by atoms with Gasteiger partial charge in [-0.3, -0.25) is 4.99 Å². The lowest BCUT2D eigenvalue weighted by Crippen LogP contribution is -2.39. The quantitative estimate of drug-likeness (QED) is 0.625. The summed E-state index contributed by atoms with van der Waals surface area (Å²) in [6.07, 6.45) is 3.74. The number of rotatable bonds is 6. The van der Waals surface area contributed by atoms with Crippen LogP contribution in [0.1, 0.15) is 31.7 Å². The molecule has 2 N–H and O–H groups in total. The highest BCUT2D eigenvalue weighted by molar-refractivity contribution is 5.79. The van der Waals surface area contributed by atoms with Crippen molar-refractivity contribution >= 4 is 5.96 Å². The van der Waals surface area contributed by atoms with Crippen LogP contribution < -0.4 is 10.6 Å². The molecule has 0 bridgehead atoms. The summed E-state index contributed by atoms with van der Waals surface area (Å²) in [6.45, 7) is 7.20. The summed E-state index contributed by atoms with van der Waals surface area (Å²) in [5.74, 6) is 1.35. The van der Waals surface area contributed by atoms with Gasteiger partial charge in [-0.1, -0.05) is 25.1 Å². The minimum Gasteiger partial charge on any atom is -0.356 e. The molecule has 1 saturated heterocycles. The largest absolute Gasteiger partial charge is 0.356 e. The Kier molecular flexibility index (Phi) is 7.33. The van der Waals surface area contributed by atoms with Crippen molar-refractivity contribution in [1.82, 2.24) is 15.5 Å². The first-order chi connectivity index (χ1) is 11.2. The Morgan fingerprint density at radius 1 is 1.26 bits per heavy atom. The third-order valence-corrected chi connectivity index (χ3v) is 4.63. The minimum absolute atomic E-state index is 0.182. The fraction of sp³-hybridized carbons (Fsp3) is 0.611. The molecule has 0 saturated carbocycles. The molecule has 5 heteroatoms. The Labute approximate surface area is 139 Å². The van der Waals surface area contributed by atoms with Crippen molar-refractivity contribution in [2.45, 2.75) is 32.7 Å². The highest BCUT2D eigenvalue weighted by atomic mass is 19.1. The summed E-state index contributed by atoms with van der Waals surface area (Å²) in [5.41, 5.74) is 0.655. The van der Waals surface area contributed by atoms with Crippen LogP contribution in [0.4, 0.5) is 4.39 Å². The first-order valence-electron chi connectivity index (χ1n) is 8.63. The van der Waals surface area contributed by atoms with Gasteiger partial charge in [-0.2, -0.15) is 0 Å². The third kappa shape index (κ3) is 5.82. The van der Waals surface area contributed by atoms with E-state index in [4.69, 9.17) is 0 Å². The molecule has 0 unspecified atom stereocenters. The van der Waals surface area contributed by atoms with Crippen LogP contribution >= 0.6 is 0 Å². The van der Waals surface area contributed by atoms with E-state index in [0.29, 0.717) is 12.1 Å². The molecule has 1 aliphatic rings. The lowest BCUT2D eigenvalue weighted by atomic mass is 9.93. The first kappa shape index (κ1) is 17.7. The predicted octanol–water partition coefficient (Wildman–Crippen LogP) is 2.61. The molecule has 1 aliphatic heterocycles. The highest BCUT2D eigenvalue weighted by Gasteiger charge is 2.17. The van der Waals surface area contributed by atoms with Crippen LogP contribution in [-0.4, -0.2) is 44.1 Å². The van der Waals surface area contributed by atoms with Crippen LogP contribution in [0, 0.1) is 11.7 Å². The molecule has 0 amide bonds. The van der Waals surface area contributed by atoms with Crippen LogP contribution in [0.3, 0.4) is 0 Å². The summed E-state index contributed by atoms with van der Waals surface area (Å²) >= 11 is 0. The monoisotopic (exact) mass is 320 g/mol. The second-order valence-corrected chi connectivity index (χ2v) is 6.11. The molecule has 0 aromatic heterocycles. The van der Waals surface area contributed by atoms with Gasteiger partial charge in [0.25, 0.3) is 0 Å². The summed E-state index contributed by atoms with van der Waals surface area (Å²) in [7, 11) is 1.75. The molecule has 4 nitrogen and oxygen atoms in total. The number of guanidine groups is 1. The zero-order valence-electron chi connectivity index (χ0n) is 14.3. The van der Waals surface area contributed by atoms with Crippen molar-refractivity contribution in [2.24, 2.45) is 10.9 Å². The van der Waals surface area contributed by atoms with Crippen molar-refractivity contribution in [3.05, 3.63) is 35.6 Å². The summed E-state index contributed by atoms with van der Waals surface area (Å²) in [4.78, 5) is 6.72. The fourth-order valence-electron chi connectivity index (χ4n) is 3.03. The molecule has 0 aliphatic carbocycles. The highest BCUT2D eigenvalue weighted by Crippen LogP contribution is 2.19. The van der Waals surface area contributed by atoms with E-state index in [1.807, 2.05) is 6.07 Å². The molecule has 1 fully saturated rings. The number of halogens is 1. The Morgan fingerprint density at radius 2 is 2.00 bits per heavy atom. The number of nitrogens with one attached hydrogen (secondary N) is 2. The fourth-order valence-corrected chi connectivity index (χ4v) is 3.03. The van der Waals surface area contributed by atoms with Crippen molar-refractivity contribution < 1.29 is 4.39 Å². The average Bonchev–Trinajstić information content (AvgIpc) is 2.59. The van der Waals surface area contributed by atoms with Gasteiger partial charge in [0.15, 0.2) is 5.96 Å². The molecule has 2 rings (SSSR count). The molecular formula is C18H29FN4. The normalized spacial score (nSPS) is 17.3. The van der Waals surface area contributed by atoms with Crippen LogP contribution in [0.25, 0.3) is 0 Å². The number of piperidine rings is 1. The van der Waals surface area contributed by atoms with Crippen LogP contribution in [0.15, 0.2) is 29.3 Å². The third-order valence-electron chi connectivity index (χ3n) is 4.63. The first-order valence-corrected chi connectivity index (χ1v) is 8.63. The van der Waals surface area contributed by atoms with Gasteiger partial charge in [-0.05, 0) is 50.9 Å². The van der Waals surface area contributed by atoms with Crippen LogP contribution in [0.5, 0.6) is 0 Å². The van der Waals surface area contributed by atoms with Gasteiger partial charge in [-0.25, -0.2) is 4.39 Å². The summed E-state index contributed by atoms with van der Waals surface area (Å²) in [6, 6.07) is 6.82. The molecule has 0 radical (unpaired) electrons. The number of hydrogen-bond donors (Lipinski definition) is 2. The lowest BCUT2D eigenvalue weighted by molar-refractivity contribution is 0.187. The van der Waals surface area contributed by atoms with E-state index >= 15 is 0 Å². The SMILES string of the molecule is CCN1CCC(CCNC(=NC)NCc2ccccc2F)CC1. The van der Waals surface area contributed by atoms with E-state index in [1.54, 1.807) is 19.2 Å². The van der Waals surface area contributed by atoms with Gasteiger partial charge < -0.3 is 15.5 Å². The number of nitrogens with zero attached hydrogens (tertiary/aromatic N) is 2. The average molecular weight is 320 g/mol. The zero-order valence-corrected chi connectivity index (χ0v) is 14.3. The number of likely N-dealkylation sites (tertiary alicyclic amines) is 1. The molecule has 1 heterocycles. The smallest absolute Gasteiger partial charge is 0.191 e. The topological polar surface area (TPSA) is 39.7 Å². The molecule has 0 spiro atoms.